The minimum absolute atomic E-state index is 0.0393. The second-order valence-electron chi connectivity index (χ2n) is 8.13. The van der Waals surface area contributed by atoms with E-state index in [4.69, 9.17) is 25.8 Å². The number of hydrogen-bond donors (Lipinski definition) is 1. The molecule has 0 radical (unpaired) electrons. The third kappa shape index (κ3) is 4.84. The van der Waals surface area contributed by atoms with Crippen molar-refractivity contribution in [2.75, 3.05) is 6.61 Å². The Morgan fingerprint density at radius 3 is 2.34 bits per heavy atom. The number of ether oxygens (including phenoxy) is 3. The van der Waals surface area contributed by atoms with Crippen LogP contribution in [0, 0.1) is 0 Å². The minimum Gasteiger partial charge on any atom is -0.494 e. The molecule has 0 saturated heterocycles. The summed E-state index contributed by atoms with van der Waals surface area (Å²) >= 11 is 6.51. The number of aromatic nitrogens is 1. The number of carbonyl (C=O) groups excluding carboxylic acids is 1. The van der Waals surface area contributed by atoms with Gasteiger partial charge in [-0.2, -0.15) is 8.78 Å². The van der Waals surface area contributed by atoms with Crippen LogP contribution < -0.4 is 9.47 Å². The highest BCUT2D eigenvalue weighted by atomic mass is 35.5. The van der Waals surface area contributed by atoms with E-state index in [0.717, 1.165) is 0 Å². The van der Waals surface area contributed by atoms with Gasteiger partial charge in [-0.15, -0.1) is 0 Å². The molecule has 0 bridgehead atoms. The average Bonchev–Trinajstić information content (AvgIpc) is 3.12. The lowest BCUT2D eigenvalue weighted by atomic mass is 10.0. The minimum atomic E-state index is -3.10. The number of rotatable bonds is 8. The van der Waals surface area contributed by atoms with Gasteiger partial charge in [0.1, 0.15) is 11.5 Å². The van der Waals surface area contributed by atoms with Gasteiger partial charge < -0.3 is 19.3 Å². The highest BCUT2D eigenvalue weighted by Gasteiger charge is 2.25. The molecule has 0 aliphatic heterocycles. The first-order chi connectivity index (χ1) is 16.7. The van der Waals surface area contributed by atoms with Gasteiger partial charge in [0.15, 0.2) is 0 Å². The van der Waals surface area contributed by atoms with Crippen molar-refractivity contribution in [3.8, 4) is 23.1 Å². The molecular weight excluding hydrogens is 480 g/mol. The molecule has 35 heavy (non-hydrogen) atoms. The van der Waals surface area contributed by atoms with E-state index < -0.39 is 6.61 Å². The number of hydrogen-bond acceptors (Lipinski definition) is 5. The topological polar surface area (TPSA) is 69.9 Å². The monoisotopic (exact) mass is 503 g/mol. The van der Waals surface area contributed by atoms with Gasteiger partial charge in [-0.3, -0.25) is 9.36 Å². The molecule has 0 atom stereocenters. The molecule has 0 saturated carbocycles. The quantitative estimate of drug-likeness (QED) is 0.273. The lowest BCUT2D eigenvalue weighted by molar-refractivity contribution is -0.142. The highest BCUT2D eigenvalue weighted by molar-refractivity contribution is 6.32. The van der Waals surface area contributed by atoms with E-state index in [-0.39, 0.29) is 47.1 Å². The van der Waals surface area contributed by atoms with Crippen LogP contribution in [0.5, 0.6) is 17.4 Å². The number of alkyl halides is 2. The summed E-state index contributed by atoms with van der Waals surface area (Å²) in [6.45, 7) is 2.58. The SMILES string of the molecule is CCOC(=O)Cc1ccc(-n2cc3c(OC(C)C)c4ccccc4c(OC(F)F)c3c2O)c(Cl)c1. The molecule has 0 aliphatic carbocycles. The van der Waals surface area contributed by atoms with Crippen molar-refractivity contribution in [3.63, 3.8) is 0 Å². The van der Waals surface area contributed by atoms with Crippen molar-refractivity contribution < 1.29 is 32.9 Å². The summed E-state index contributed by atoms with van der Waals surface area (Å²) in [5, 5.41) is 12.9. The molecule has 1 aromatic heterocycles. The first kappa shape index (κ1) is 24.6. The summed E-state index contributed by atoms with van der Waals surface area (Å²) in [6, 6.07) is 11.7. The molecule has 1 N–H and O–H groups in total. The smallest absolute Gasteiger partial charge is 0.387 e. The highest BCUT2D eigenvalue weighted by Crippen LogP contribution is 2.49. The Hall–Kier alpha value is -3.52. The number of benzene rings is 3. The Bertz CT molecular complexity index is 1400. The zero-order valence-electron chi connectivity index (χ0n) is 19.3. The summed E-state index contributed by atoms with van der Waals surface area (Å²) < 4.78 is 44.2. The normalized spacial score (nSPS) is 11.5. The molecule has 184 valence electrons. The number of carbonyl (C=O) groups is 1. The fourth-order valence-corrected chi connectivity index (χ4v) is 4.34. The van der Waals surface area contributed by atoms with Gasteiger partial charge in [-0.1, -0.05) is 41.9 Å². The van der Waals surface area contributed by atoms with E-state index in [1.165, 1.54) is 4.57 Å². The molecular formula is C26H24ClF2NO5. The van der Waals surface area contributed by atoms with Crippen molar-refractivity contribution in [1.29, 1.82) is 0 Å². The Morgan fingerprint density at radius 2 is 1.74 bits per heavy atom. The number of esters is 1. The summed E-state index contributed by atoms with van der Waals surface area (Å²) in [4.78, 5) is 11.8. The van der Waals surface area contributed by atoms with E-state index >= 15 is 0 Å². The lowest BCUT2D eigenvalue weighted by Gasteiger charge is -2.17. The van der Waals surface area contributed by atoms with Gasteiger partial charge in [-0.05, 0) is 38.5 Å². The maximum Gasteiger partial charge on any atom is 0.387 e. The van der Waals surface area contributed by atoms with Crippen LogP contribution in [-0.4, -0.2) is 35.0 Å². The molecule has 3 aromatic carbocycles. The first-order valence-corrected chi connectivity index (χ1v) is 11.4. The fourth-order valence-electron chi connectivity index (χ4n) is 4.04. The van der Waals surface area contributed by atoms with Crippen LogP contribution in [0.3, 0.4) is 0 Å². The zero-order valence-corrected chi connectivity index (χ0v) is 20.1. The van der Waals surface area contributed by atoms with E-state index in [1.807, 2.05) is 13.8 Å². The molecule has 0 amide bonds. The van der Waals surface area contributed by atoms with Gasteiger partial charge in [-0.25, -0.2) is 0 Å². The van der Waals surface area contributed by atoms with E-state index in [1.54, 1.807) is 55.6 Å². The molecule has 0 spiro atoms. The van der Waals surface area contributed by atoms with E-state index in [2.05, 4.69) is 0 Å². The Kier molecular flexibility index (Phi) is 7.03. The van der Waals surface area contributed by atoms with Gasteiger partial charge in [0, 0.05) is 17.0 Å². The van der Waals surface area contributed by atoms with Gasteiger partial charge >= 0.3 is 12.6 Å². The second kappa shape index (κ2) is 10.00. The summed E-state index contributed by atoms with van der Waals surface area (Å²) in [6.07, 6.45) is 1.39. The second-order valence-corrected chi connectivity index (χ2v) is 8.54. The number of halogens is 3. The molecule has 1 heterocycles. The third-order valence-electron chi connectivity index (χ3n) is 5.35. The van der Waals surface area contributed by atoms with Crippen LogP contribution in [0.25, 0.3) is 27.2 Å². The van der Waals surface area contributed by atoms with Crippen LogP contribution in [0.15, 0.2) is 48.7 Å². The summed E-state index contributed by atoms with van der Waals surface area (Å²) in [5.74, 6) is -0.457. The first-order valence-electron chi connectivity index (χ1n) is 11.1. The van der Waals surface area contributed by atoms with Crippen LogP contribution >= 0.6 is 11.6 Å². The zero-order chi connectivity index (χ0) is 25.3. The molecule has 6 nitrogen and oxygen atoms in total. The molecule has 4 aromatic rings. The van der Waals surface area contributed by atoms with Gasteiger partial charge in [0.25, 0.3) is 0 Å². The third-order valence-corrected chi connectivity index (χ3v) is 5.66. The summed E-state index contributed by atoms with van der Waals surface area (Å²) in [7, 11) is 0. The molecule has 0 unspecified atom stereocenters. The van der Waals surface area contributed by atoms with Crippen LogP contribution in [0.1, 0.15) is 26.3 Å². The van der Waals surface area contributed by atoms with Crippen LogP contribution in [0.2, 0.25) is 5.02 Å². The van der Waals surface area contributed by atoms with E-state index in [0.29, 0.717) is 33.2 Å². The van der Waals surface area contributed by atoms with Crippen molar-refractivity contribution in [2.24, 2.45) is 0 Å². The van der Waals surface area contributed by atoms with Crippen molar-refractivity contribution >= 4 is 39.1 Å². The maximum atomic E-state index is 13.4. The van der Waals surface area contributed by atoms with E-state index in [9.17, 15) is 18.7 Å². The predicted octanol–water partition coefficient (Wildman–Crippen LogP) is 6.64. The fraction of sp³-hybridized carbons (Fsp3) is 0.269. The Morgan fingerprint density at radius 1 is 1.06 bits per heavy atom. The molecule has 0 fully saturated rings. The molecule has 4 rings (SSSR count). The van der Waals surface area contributed by atoms with Crippen molar-refractivity contribution in [3.05, 3.63) is 59.2 Å². The Labute approximate surface area is 205 Å². The van der Waals surface area contributed by atoms with Crippen molar-refractivity contribution in [1.82, 2.24) is 4.57 Å². The average molecular weight is 504 g/mol. The largest absolute Gasteiger partial charge is 0.494 e. The number of aromatic hydroxyl groups is 1. The van der Waals surface area contributed by atoms with Gasteiger partial charge in [0.05, 0.1) is 40.6 Å². The van der Waals surface area contributed by atoms with Gasteiger partial charge in [0.2, 0.25) is 5.88 Å². The predicted molar refractivity (Wildman–Crippen MR) is 130 cm³/mol. The number of fused-ring (bicyclic) bond motifs is 2. The number of nitrogens with zero attached hydrogens (tertiary/aromatic N) is 1. The summed E-state index contributed by atoms with van der Waals surface area (Å²) in [5.41, 5.74) is 1.01. The van der Waals surface area contributed by atoms with Crippen LogP contribution in [0.4, 0.5) is 8.78 Å². The lowest BCUT2D eigenvalue weighted by Crippen LogP contribution is -2.07. The molecule has 9 heteroatoms. The van der Waals surface area contributed by atoms with Crippen molar-refractivity contribution in [2.45, 2.75) is 39.9 Å². The van der Waals surface area contributed by atoms with Crippen LogP contribution in [-0.2, 0) is 16.0 Å². The Balaban J connectivity index is 1.95. The molecule has 0 aliphatic rings. The maximum absolute atomic E-state index is 13.4. The standard InChI is InChI=1S/C26H24ClF2NO5/c1-4-33-21(31)12-15-9-10-20(19(27)11-15)30-13-18-22(25(30)32)24(35-26(28)29)17-8-6-5-7-16(17)23(18)34-14(2)3/h5-11,13-14,26,32H,4,12H2,1-3H3.